The van der Waals surface area contributed by atoms with Crippen molar-refractivity contribution in [3.8, 4) is 0 Å². The summed E-state index contributed by atoms with van der Waals surface area (Å²) >= 11 is 0. The van der Waals surface area contributed by atoms with Crippen molar-refractivity contribution in [3.63, 3.8) is 0 Å². The van der Waals surface area contributed by atoms with Crippen molar-refractivity contribution in [2.75, 3.05) is 0 Å². The smallest absolute Gasteiger partial charge is 0.415 e. The Balaban J connectivity index is 2.34. The molecule has 1 saturated carbocycles. The first-order chi connectivity index (χ1) is 9.93. The third kappa shape index (κ3) is 6.08. The minimum absolute atomic E-state index is 0.110. The summed E-state index contributed by atoms with van der Waals surface area (Å²) in [6, 6.07) is 0.220. The summed E-state index contributed by atoms with van der Waals surface area (Å²) in [6.45, 7) is 7.88. The molecule has 0 aromatic heterocycles. The fraction of sp³-hybridized carbons (Fsp3) is 0.824. The van der Waals surface area contributed by atoms with Crippen LogP contribution in [-0.4, -0.2) is 34.3 Å². The molecule has 0 bridgehead atoms. The molecule has 122 valence electrons. The number of nitrogens with zero attached hydrogens (tertiary/aromatic N) is 1. The fourth-order valence-electron chi connectivity index (χ4n) is 3.09. The SMILES string of the molecule is CC(C)N(C(=O)O/C=C\CC(O)C1CCCCC1)C(C)C. The van der Waals surface area contributed by atoms with Crippen molar-refractivity contribution < 1.29 is 14.6 Å². The second-order valence-corrected chi connectivity index (χ2v) is 6.55. The number of ether oxygens (including phenoxy) is 1. The van der Waals surface area contributed by atoms with Crippen molar-refractivity contribution in [2.24, 2.45) is 5.92 Å². The predicted molar refractivity (Wildman–Crippen MR) is 84.9 cm³/mol. The van der Waals surface area contributed by atoms with Gasteiger partial charge < -0.3 is 14.7 Å². The number of rotatable bonds is 6. The van der Waals surface area contributed by atoms with Gasteiger partial charge in [0.2, 0.25) is 0 Å². The molecule has 1 rings (SSSR count). The van der Waals surface area contributed by atoms with E-state index in [-0.39, 0.29) is 24.3 Å². The summed E-state index contributed by atoms with van der Waals surface area (Å²) in [4.78, 5) is 13.7. The highest BCUT2D eigenvalue weighted by atomic mass is 16.5. The Morgan fingerprint density at radius 1 is 1.19 bits per heavy atom. The molecule has 21 heavy (non-hydrogen) atoms. The van der Waals surface area contributed by atoms with E-state index in [9.17, 15) is 9.90 Å². The van der Waals surface area contributed by atoms with Gasteiger partial charge in [0.25, 0.3) is 0 Å². The second-order valence-electron chi connectivity index (χ2n) is 6.55. The van der Waals surface area contributed by atoms with Crippen LogP contribution in [0.2, 0.25) is 0 Å². The number of hydrogen-bond acceptors (Lipinski definition) is 3. The number of aliphatic hydroxyl groups is 1. The van der Waals surface area contributed by atoms with E-state index >= 15 is 0 Å². The number of amides is 1. The number of hydrogen-bond donors (Lipinski definition) is 1. The molecule has 4 nitrogen and oxygen atoms in total. The third-order valence-corrected chi connectivity index (χ3v) is 4.16. The van der Waals surface area contributed by atoms with E-state index in [1.807, 2.05) is 27.7 Å². The number of carbonyl (C=O) groups excluding carboxylic acids is 1. The van der Waals surface area contributed by atoms with Crippen LogP contribution in [0.25, 0.3) is 0 Å². The van der Waals surface area contributed by atoms with Crippen molar-refractivity contribution in [1.29, 1.82) is 0 Å². The number of carbonyl (C=O) groups is 1. The van der Waals surface area contributed by atoms with Gasteiger partial charge in [0.05, 0.1) is 12.4 Å². The first-order valence-corrected chi connectivity index (χ1v) is 8.25. The maximum atomic E-state index is 12.0. The lowest BCUT2D eigenvalue weighted by Crippen LogP contribution is -2.41. The topological polar surface area (TPSA) is 49.8 Å². The second kappa shape index (κ2) is 9.08. The van der Waals surface area contributed by atoms with Crippen LogP contribution in [0.4, 0.5) is 4.79 Å². The average molecular weight is 297 g/mol. The Morgan fingerprint density at radius 3 is 2.29 bits per heavy atom. The van der Waals surface area contributed by atoms with Crippen LogP contribution in [0.5, 0.6) is 0 Å². The zero-order valence-electron chi connectivity index (χ0n) is 13.9. The molecule has 1 aliphatic carbocycles. The van der Waals surface area contributed by atoms with Crippen LogP contribution in [0.3, 0.4) is 0 Å². The molecule has 1 unspecified atom stereocenters. The van der Waals surface area contributed by atoms with Gasteiger partial charge >= 0.3 is 6.09 Å². The van der Waals surface area contributed by atoms with Crippen molar-refractivity contribution in [2.45, 2.75) is 84.4 Å². The van der Waals surface area contributed by atoms with Gasteiger partial charge in [-0.15, -0.1) is 0 Å². The standard InChI is InChI=1S/C17H31NO3/c1-13(2)18(14(3)4)17(20)21-12-8-11-16(19)15-9-6-5-7-10-15/h8,12-16,19H,5-7,9-11H2,1-4H3/b12-8-. The summed E-state index contributed by atoms with van der Waals surface area (Å²) < 4.78 is 5.16. The van der Waals surface area contributed by atoms with Gasteiger partial charge in [0, 0.05) is 12.1 Å². The van der Waals surface area contributed by atoms with Gasteiger partial charge in [-0.05, 0) is 59.0 Å². The predicted octanol–water partition coefficient (Wildman–Crippen LogP) is 4.09. The van der Waals surface area contributed by atoms with Gasteiger partial charge in [-0.2, -0.15) is 0 Å². The molecular weight excluding hydrogens is 266 g/mol. The Morgan fingerprint density at radius 2 is 1.76 bits per heavy atom. The van der Waals surface area contributed by atoms with E-state index in [4.69, 9.17) is 4.74 Å². The molecule has 0 aromatic rings. The van der Waals surface area contributed by atoms with E-state index < -0.39 is 0 Å². The van der Waals surface area contributed by atoms with Crippen LogP contribution in [-0.2, 0) is 4.74 Å². The van der Waals surface area contributed by atoms with E-state index in [0.717, 1.165) is 12.8 Å². The van der Waals surface area contributed by atoms with Gasteiger partial charge in [-0.1, -0.05) is 19.3 Å². The lowest BCUT2D eigenvalue weighted by Gasteiger charge is -2.29. The van der Waals surface area contributed by atoms with Crippen LogP contribution >= 0.6 is 0 Å². The zero-order chi connectivity index (χ0) is 15.8. The first-order valence-electron chi connectivity index (χ1n) is 8.25. The Bertz CT molecular complexity index is 325. The third-order valence-electron chi connectivity index (χ3n) is 4.16. The maximum Gasteiger partial charge on any atom is 0.415 e. The molecule has 0 spiro atoms. The first kappa shape index (κ1) is 18.0. The highest BCUT2D eigenvalue weighted by molar-refractivity contribution is 5.68. The van der Waals surface area contributed by atoms with Crippen LogP contribution in [0, 0.1) is 5.92 Å². The normalized spacial score (nSPS) is 18.4. The van der Waals surface area contributed by atoms with Gasteiger partial charge in [0.15, 0.2) is 0 Å². The fourth-order valence-corrected chi connectivity index (χ4v) is 3.09. The highest BCUT2D eigenvalue weighted by Gasteiger charge is 2.22. The lowest BCUT2D eigenvalue weighted by atomic mass is 9.84. The van der Waals surface area contributed by atoms with Crippen LogP contribution in [0.1, 0.15) is 66.2 Å². The Hall–Kier alpha value is -1.03. The van der Waals surface area contributed by atoms with Crippen molar-refractivity contribution >= 4 is 6.09 Å². The lowest BCUT2D eigenvalue weighted by molar-refractivity contribution is 0.0856. The van der Waals surface area contributed by atoms with Crippen LogP contribution in [0.15, 0.2) is 12.3 Å². The Labute approximate surface area is 129 Å². The van der Waals surface area contributed by atoms with Crippen molar-refractivity contribution in [3.05, 3.63) is 12.3 Å². The van der Waals surface area contributed by atoms with Crippen molar-refractivity contribution in [1.82, 2.24) is 4.90 Å². The van der Waals surface area contributed by atoms with E-state index in [1.54, 1.807) is 11.0 Å². The number of aliphatic hydroxyl groups excluding tert-OH is 1. The Kier molecular flexibility index (Phi) is 7.79. The molecule has 1 fully saturated rings. The minimum Gasteiger partial charge on any atom is -0.418 e. The molecular formula is C17H31NO3. The molecule has 0 radical (unpaired) electrons. The molecule has 0 heterocycles. The molecule has 1 amide bonds. The summed E-state index contributed by atoms with van der Waals surface area (Å²) in [5.74, 6) is 0.405. The van der Waals surface area contributed by atoms with Gasteiger partial charge in [-0.3, -0.25) is 0 Å². The molecule has 0 aromatic carbocycles. The molecule has 0 saturated heterocycles. The van der Waals surface area contributed by atoms with Crippen LogP contribution < -0.4 is 0 Å². The highest BCUT2D eigenvalue weighted by Crippen LogP contribution is 2.27. The minimum atomic E-state index is -0.330. The summed E-state index contributed by atoms with van der Waals surface area (Å²) in [5.41, 5.74) is 0. The maximum absolute atomic E-state index is 12.0. The molecule has 4 heteroatoms. The van der Waals surface area contributed by atoms with E-state index in [2.05, 4.69) is 0 Å². The molecule has 1 aliphatic rings. The molecule has 1 N–H and O–H groups in total. The van der Waals surface area contributed by atoms with Gasteiger partial charge in [-0.25, -0.2) is 4.79 Å². The molecule has 1 atom stereocenters. The molecule has 0 aliphatic heterocycles. The summed E-state index contributed by atoms with van der Waals surface area (Å²) in [7, 11) is 0. The van der Waals surface area contributed by atoms with E-state index in [1.165, 1.54) is 25.5 Å². The summed E-state index contributed by atoms with van der Waals surface area (Å²) in [5, 5.41) is 10.1. The average Bonchev–Trinajstić information content (AvgIpc) is 2.43. The monoisotopic (exact) mass is 297 g/mol. The zero-order valence-corrected chi connectivity index (χ0v) is 13.9. The van der Waals surface area contributed by atoms with Gasteiger partial charge in [0.1, 0.15) is 0 Å². The van der Waals surface area contributed by atoms with E-state index in [0.29, 0.717) is 12.3 Å². The quantitative estimate of drug-likeness (QED) is 0.751. The largest absolute Gasteiger partial charge is 0.418 e. The summed E-state index contributed by atoms with van der Waals surface area (Å²) in [6.07, 6.45) is 9.05.